The fourth-order valence-electron chi connectivity index (χ4n) is 3.83. The summed E-state index contributed by atoms with van der Waals surface area (Å²) in [4.78, 5) is 12.9. The summed E-state index contributed by atoms with van der Waals surface area (Å²) in [6.45, 7) is 5.16. The van der Waals surface area contributed by atoms with Gasteiger partial charge < -0.3 is 10.1 Å². The number of piperidine rings is 1. The molecule has 3 rings (SSSR count). The van der Waals surface area contributed by atoms with Gasteiger partial charge in [-0.3, -0.25) is 4.79 Å². The molecule has 1 N–H and O–H groups in total. The van der Waals surface area contributed by atoms with Gasteiger partial charge in [0.2, 0.25) is 15.9 Å². The largest absolute Gasteiger partial charge is 0.491 e. The quantitative estimate of drug-likeness (QED) is 0.546. The van der Waals surface area contributed by atoms with Crippen molar-refractivity contribution in [2.45, 2.75) is 50.5 Å². The van der Waals surface area contributed by atoms with Gasteiger partial charge in [-0.1, -0.05) is 23.7 Å². The summed E-state index contributed by atoms with van der Waals surface area (Å²) in [7, 11) is -3.64. The Balaban J connectivity index is 1.49. The molecule has 1 atom stereocenters. The molecule has 1 aliphatic rings. The van der Waals surface area contributed by atoms with Gasteiger partial charge in [-0.05, 0) is 81.5 Å². The SMILES string of the molecule is CC(C)Oc1cccc(CCCNC(=O)[C@@H]2CCCN(S(=O)(=O)c3ccc(Cl)cc3)C2)c1. The molecule has 0 spiro atoms. The third-order valence-corrected chi connectivity index (χ3v) is 7.55. The number of benzene rings is 2. The van der Waals surface area contributed by atoms with Crippen molar-refractivity contribution in [3.8, 4) is 5.75 Å². The highest BCUT2D eigenvalue weighted by Crippen LogP contribution is 2.25. The van der Waals surface area contributed by atoms with E-state index in [0.29, 0.717) is 31.0 Å². The number of halogens is 1. The van der Waals surface area contributed by atoms with E-state index < -0.39 is 10.0 Å². The second-order valence-electron chi connectivity index (χ2n) is 8.36. The summed E-state index contributed by atoms with van der Waals surface area (Å²) in [5.41, 5.74) is 1.16. The van der Waals surface area contributed by atoms with Crippen LogP contribution in [0.25, 0.3) is 0 Å². The van der Waals surface area contributed by atoms with E-state index in [0.717, 1.165) is 24.2 Å². The van der Waals surface area contributed by atoms with Crippen molar-refractivity contribution in [2.24, 2.45) is 5.92 Å². The van der Waals surface area contributed by atoms with Gasteiger partial charge in [-0.25, -0.2) is 8.42 Å². The molecule has 174 valence electrons. The maximum atomic E-state index is 12.9. The predicted molar refractivity (Wildman–Crippen MR) is 126 cm³/mol. The van der Waals surface area contributed by atoms with Crippen LogP contribution in [-0.4, -0.2) is 44.4 Å². The molecule has 2 aromatic carbocycles. The third kappa shape index (κ3) is 6.70. The highest BCUT2D eigenvalue weighted by molar-refractivity contribution is 7.89. The summed E-state index contributed by atoms with van der Waals surface area (Å²) >= 11 is 5.87. The number of amides is 1. The fourth-order valence-corrected chi connectivity index (χ4v) is 5.48. The molecule has 2 aromatic rings. The van der Waals surface area contributed by atoms with E-state index in [1.807, 2.05) is 32.0 Å². The van der Waals surface area contributed by atoms with Gasteiger partial charge >= 0.3 is 0 Å². The van der Waals surface area contributed by atoms with Crippen LogP contribution >= 0.6 is 11.6 Å². The molecule has 6 nitrogen and oxygen atoms in total. The zero-order valence-electron chi connectivity index (χ0n) is 18.6. The minimum Gasteiger partial charge on any atom is -0.491 e. The molecular weight excluding hydrogens is 448 g/mol. The Morgan fingerprint density at radius 2 is 1.97 bits per heavy atom. The number of carbonyl (C=O) groups is 1. The smallest absolute Gasteiger partial charge is 0.243 e. The average Bonchev–Trinajstić information content (AvgIpc) is 2.77. The van der Waals surface area contributed by atoms with Crippen LogP contribution in [0.1, 0.15) is 38.7 Å². The summed E-state index contributed by atoms with van der Waals surface area (Å²) < 4.78 is 33.0. The van der Waals surface area contributed by atoms with Gasteiger partial charge in [0.1, 0.15) is 5.75 Å². The first-order valence-electron chi connectivity index (χ1n) is 11.0. The van der Waals surface area contributed by atoms with Gasteiger partial charge in [0.05, 0.1) is 16.9 Å². The Kier molecular flexibility index (Phi) is 8.57. The van der Waals surface area contributed by atoms with E-state index in [-0.39, 0.29) is 29.4 Å². The van der Waals surface area contributed by atoms with E-state index in [1.54, 1.807) is 12.1 Å². The van der Waals surface area contributed by atoms with E-state index in [9.17, 15) is 13.2 Å². The van der Waals surface area contributed by atoms with E-state index >= 15 is 0 Å². The summed E-state index contributed by atoms with van der Waals surface area (Å²) in [5, 5.41) is 3.46. The highest BCUT2D eigenvalue weighted by Gasteiger charge is 2.33. The lowest BCUT2D eigenvalue weighted by Gasteiger charge is -2.31. The second kappa shape index (κ2) is 11.2. The van der Waals surface area contributed by atoms with Crippen LogP contribution in [0.15, 0.2) is 53.4 Å². The topological polar surface area (TPSA) is 75.7 Å². The van der Waals surface area contributed by atoms with Crippen LogP contribution in [0.4, 0.5) is 0 Å². The van der Waals surface area contributed by atoms with E-state index in [1.165, 1.54) is 16.4 Å². The minimum atomic E-state index is -3.64. The van der Waals surface area contributed by atoms with Gasteiger partial charge in [-0.2, -0.15) is 4.31 Å². The lowest BCUT2D eigenvalue weighted by atomic mass is 9.99. The van der Waals surface area contributed by atoms with Crippen molar-refractivity contribution in [1.29, 1.82) is 0 Å². The summed E-state index contributed by atoms with van der Waals surface area (Å²) in [5.74, 6) is 0.428. The molecule has 0 aromatic heterocycles. The molecule has 32 heavy (non-hydrogen) atoms. The number of carbonyl (C=O) groups excluding carboxylic acids is 1. The molecule has 0 aliphatic carbocycles. The molecule has 0 bridgehead atoms. The van der Waals surface area contributed by atoms with Gasteiger partial charge in [0.15, 0.2) is 0 Å². The van der Waals surface area contributed by atoms with Crippen molar-refractivity contribution in [1.82, 2.24) is 9.62 Å². The van der Waals surface area contributed by atoms with Crippen LogP contribution in [0, 0.1) is 5.92 Å². The molecule has 8 heteroatoms. The molecule has 1 amide bonds. The lowest BCUT2D eigenvalue weighted by molar-refractivity contribution is -0.126. The second-order valence-corrected chi connectivity index (χ2v) is 10.7. The van der Waals surface area contributed by atoms with E-state index in [4.69, 9.17) is 16.3 Å². The highest BCUT2D eigenvalue weighted by atomic mass is 35.5. The molecular formula is C24H31ClN2O4S. The Morgan fingerprint density at radius 1 is 1.22 bits per heavy atom. The predicted octanol–water partition coefficient (Wildman–Crippen LogP) is 4.28. The zero-order chi connectivity index (χ0) is 23.1. The number of rotatable bonds is 9. The standard InChI is InChI=1S/C24H31ClN2O4S/c1-18(2)31-22-9-3-6-19(16-22)7-4-14-26-24(28)20-8-5-15-27(17-20)32(29,30)23-12-10-21(25)11-13-23/h3,6,9-13,16,18,20H,4-5,7-8,14-15,17H2,1-2H3,(H,26,28)/t20-/m1/s1. The minimum absolute atomic E-state index is 0.0853. The molecule has 0 saturated carbocycles. The number of nitrogens with zero attached hydrogens (tertiary/aromatic N) is 1. The van der Waals surface area contributed by atoms with E-state index in [2.05, 4.69) is 11.4 Å². The van der Waals surface area contributed by atoms with Crippen molar-refractivity contribution >= 4 is 27.5 Å². The number of ether oxygens (including phenoxy) is 1. The average molecular weight is 479 g/mol. The van der Waals surface area contributed by atoms with Crippen LogP contribution < -0.4 is 10.1 Å². The number of hydrogen-bond donors (Lipinski definition) is 1. The Bertz CT molecular complexity index is 1010. The number of aryl methyl sites for hydroxylation is 1. The first-order valence-corrected chi connectivity index (χ1v) is 12.9. The van der Waals surface area contributed by atoms with Crippen molar-refractivity contribution in [2.75, 3.05) is 19.6 Å². The lowest BCUT2D eigenvalue weighted by Crippen LogP contribution is -2.45. The van der Waals surface area contributed by atoms with Crippen molar-refractivity contribution in [3.05, 3.63) is 59.1 Å². The first-order chi connectivity index (χ1) is 15.3. The fraction of sp³-hybridized carbons (Fsp3) is 0.458. The van der Waals surface area contributed by atoms with Crippen LogP contribution in [0.2, 0.25) is 5.02 Å². The number of nitrogens with one attached hydrogen (secondary N) is 1. The number of sulfonamides is 1. The first kappa shape index (κ1) is 24.6. The molecule has 1 heterocycles. The van der Waals surface area contributed by atoms with Crippen molar-refractivity contribution < 1.29 is 17.9 Å². The van der Waals surface area contributed by atoms with Gasteiger partial charge in [0, 0.05) is 24.7 Å². The van der Waals surface area contributed by atoms with Crippen LogP contribution in [-0.2, 0) is 21.2 Å². The van der Waals surface area contributed by atoms with Gasteiger partial charge in [-0.15, -0.1) is 0 Å². The molecule has 1 aliphatic heterocycles. The normalized spacial score (nSPS) is 17.3. The Hall–Kier alpha value is -2.09. The third-order valence-electron chi connectivity index (χ3n) is 5.42. The molecule has 1 saturated heterocycles. The molecule has 0 radical (unpaired) electrons. The summed E-state index contributed by atoms with van der Waals surface area (Å²) in [6.07, 6.45) is 3.11. The monoisotopic (exact) mass is 478 g/mol. The van der Waals surface area contributed by atoms with Crippen molar-refractivity contribution in [3.63, 3.8) is 0 Å². The summed E-state index contributed by atoms with van der Waals surface area (Å²) in [6, 6.07) is 14.1. The van der Waals surface area contributed by atoms with Crippen LogP contribution in [0.5, 0.6) is 5.75 Å². The molecule has 1 fully saturated rings. The van der Waals surface area contributed by atoms with Gasteiger partial charge in [0.25, 0.3) is 0 Å². The number of hydrogen-bond acceptors (Lipinski definition) is 4. The Labute approximate surface area is 196 Å². The van der Waals surface area contributed by atoms with Crippen LogP contribution in [0.3, 0.4) is 0 Å². The molecule has 0 unspecified atom stereocenters. The maximum Gasteiger partial charge on any atom is 0.243 e. The maximum absolute atomic E-state index is 12.9. The Morgan fingerprint density at radius 3 is 2.69 bits per heavy atom. The zero-order valence-corrected chi connectivity index (χ0v) is 20.2.